The standard InChI is InChI=1S/C19H20N4OS/c1-19(2,3)14-4-6-15(7-5-14)22-17(24)23-18-21-12-16(25-18)13-8-10-20-11-9-13/h4-12H,1-3H3,(H2,21,22,23,24). The van der Waals surface area contributed by atoms with E-state index in [9.17, 15) is 4.79 Å². The van der Waals surface area contributed by atoms with Crippen LogP contribution in [0.15, 0.2) is 55.0 Å². The Balaban J connectivity index is 1.62. The lowest BCUT2D eigenvalue weighted by atomic mass is 9.87. The molecule has 0 atom stereocenters. The van der Waals surface area contributed by atoms with E-state index in [0.717, 1.165) is 16.1 Å². The van der Waals surface area contributed by atoms with E-state index in [1.54, 1.807) is 18.6 Å². The van der Waals surface area contributed by atoms with Crippen molar-refractivity contribution in [3.8, 4) is 10.4 Å². The van der Waals surface area contributed by atoms with Crippen LogP contribution in [0.4, 0.5) is 15.6 Å². The van der Waals surface area contributed by atoms with Gasteiger partial charge >= 0.3 is 6.03 Å². The first-order chi connectivity index (χ1) is 11.9. The molecule has 1 aromatic carbocycles. The van der Waals surface area contributed by atoms with Crippen molar-refractivity contribution in [2.24, 2.45) is 0 Å². The van der Waals surface area contributed by atoms with Crippen LogP contribution in [-0.4, -0.2) is 16.0 Å². The highest BCUT2D eigenvalue weighted by Crippen LogP contribution is 2.28. The molecule has 0 saturated carbocycles. The van der Waals surface area contributed by atoms with E-state index in [2.05, 4.69) is 41.4 Å². The SMILES string of the molecule is CC(C)(C)c1ccc(NC(=O)Nc2ncc(-c3ccncc3)s2)cc1. The summed E-state index contributed by atoms with van der Waals surface area (Å²) >= 11 is 1.42. The molecule has 0 fully saturated rings. The summed E-state index contributed by atoms with van der Waals surface area (Å²) in [6.07, 6.45) is 5.21. The summed E-state index contributed by atoms with van der Waals surface area (Å²) in [6, 6.07) is 11.4. The molecule has 0 aliphatic rings. The number of amides is 2. The van der Waals surface area contributed by atoms with Crippen LogP contribution in [-0.2, 0) is 5.41 Å². The van der Waals surface area contributed by atoms with E-state index in [-0.39, 0.29) is 11.4 Å². The minimum absolute atomic E-state index is 0.0883. The van der Waals surface area contributed by atoms with Gasteiger partial charge in [0.2, 0.25) is 0 Å². The van der Waals surface area contributed by atoms with Gasteiger partial charge in [-0.1, -0.05) is 44.2 Å². The predicted octanol–water partition coefficient (Wildman–Crippen LogP) is 5.15. The Bertz CT molecular complexity index is 851. The molecule has 2 aromatic heterocycles. The third kappa shape index (κ3) is 4.42. The van der Waals surface area contributed by atoms with Crippen molar-refractivity contribution in [3.63, 3.8) is 0 Å². The quantitative estimate of drug-likeness (QED) is 0.685. The Kier molecular flexibility index (Phi) is 4.81. The van der Waals surface area contributed by atoms with E-state index in [1.807, 2.05) is 36.4 Å². The number of carbonyl (C=O) groups is 1. The fourth-order valence-electron chi connectivity index (χ4n) is 2.29. The zero-order valence-corrected chi connectivity index (χ0v) is 15.2. The number of nitrogens with one attached hydrogen (secondary N) is 2. The van der Waals surface area contributed by atoms with Crippen molar-refractivity contribution in [2.75, 3.05) is 10.6 Å². The smallest absolute Gasteiger partial charge is 0.308 e. The fourth-order valence-corrected chi connectivity index (χ4v) is 3.11. The zero-order chi connectivity index (χ0) is 17.9. The molecule has 0 spiro atoms. The van der Waals surface area contributed by atoms with Crippen molar-refractivity contribution in [2.45, 2.75) is 26.2 Å². The molecule has 3 aromatic rings. The lowest BCUT2D eigenvalue weighted by molar-refractivity contribution is 0.262. The number of hydrogen-bond donors (Lipinski definition) is 2. The number of anilines is 2. The molecule has 0 bridgehead atoms. The number of urea groups is 1. The van der Waals surface area contributed by atoms with Crippen molar-refractivity contribution in [3.05, 3.63) is 60.6 Å². The van der Waals surface area contributed by atoms with Crippen LogP contribution in [0.3, 0.4) is 0 Å². The second kappa shape index (κ2) is 7.03. The number of benzene rings is 1. The van der Waals surface area contributed by atoms with Crippen LogP contribution < -0.4 is 10.6 Å². The molecule has 2 amide bonds. The molecule has 0 unspecified atom stereocenters. The largest absolute Gasteiger partial charge is 0.325 e. The van der Waals surface area contributed by atoms with E-state index in [4.69, 9.17) is 0 Å². The van der Waals surface area contributed by atoms with Gasteiger partial charge in [-0.05, 0) is 40.8 Å². The Hall–Kier alpha value is -2.73. The first-order valence-corrected chi connectivity index (χ1v) is 8.78. The number of pyridine rings is 1. The molecule has 128 valence electrons. The summed E-state index contributed by atoms with van der Waals surface area (Å²) in [6.45, 7) is 6.47. The monoisotopic (exact) mass is 352 g/mol. The van der Waals surface area contributed by atoms with Crippen LogP contribution in [0.5, 0.6) is 0 Å². The summed E-state index contributed by atoms with van der Waals surface area (Å²) in [5, 5.41) is 6.14. The number of hydrogen-bond acceptors (Lipinski definition) is 4. The summed E-state index contributed by atoms with van der Waals surface area (Å²) in [5.41, 5.74) is 3.08. The first-order valence-electron chi connectivity index (χ1n) is 7.96. The lowest BCUT2D eigenvalue weighted by Crippen LogP contribution is -2.19. The van der Waals surface area contributed by atoms with Gasteiger partial charge in [-0.3, -0.25) is 10.3 Å². The molecular weight excluding hydrogens is 332 g/mol. The van der Waals surface area contributed by atoms with Gasteiger partial charge in [-0.2, -0.15) is 0 Å². The summed E-state index contributed by atoms with van der Waals surface area (Å²) in [5.74, 6) is 0. The van der Waals surface area contributed by atoms with E-state index in [1.165, 1.54) is 16.9 Å². The van der Waals surface area contributed by atoms with E-state index >= 15 is 0 Å². The minimum atomic E-state index is -0.306. The Morgan fingerprint density at radius 2 is 1.68 bits per heavy atom. The third-order valence-corrected chi connectivity index (χ3v) is 4.66. The average molecular weight is 352 g/mol. The Morgan fingerprint density at radius 3 is 2.32 bits per heavy atom. The summed E-state index contributed by atoms with van der Waals surface area (Å²) in [7, 11) is 0. The van der Waals surface area contributed by atoms with Crippen molar-refractivity contribution in [1.82, 2.24) is 9.97 Å². The molecule has 25 heavy (non-hydrogen) atoms. The number of aromatic nitrogens is 2. The molecular formula is C19H20N4OS. The van der Waals surface area contributed by atoms with Gasteiger partial charge in [0, 0.05) is 24.3 Å². The van der Waals surface area contributed by atoms with Gasteiger partial charge in [0.25, 0.3) is 0 Å². The molecule has 2 heterocycles. The van der Waals surface area contributed by atoms with Gasteiger partial charge in [-0.25, -0.2) is 9.78 Å². The molecule has 0 saturated heterocycles. The second-order valence-electron chi connectivity index (χ2n) is 6.67. The van der Waals surface area contributed by atoms with Gasteiger partial charge < -0.3 is 5.32 Å². The summed E-state index contributed by atoms with van der Waals surface area (Å²) < 4.78 is 0. The number of thiazole rings is 1. The highest BCUT2D eigenvalue weighted by atomic mass is 32.1. The van der Waals surface area contributed by atoms with Gasteiger partial charge in [-0.15, -0.1) is 0 Å². The third-order valence-electron chi connectivity index (χ3n) is 3.70. The highest BCUT2D eigenvalue weighted by Gasteiger charge is 2.13. The van der Waals surface area contributed by atoms with Crippen LogP contribution in [0.1, 0.15) is 26.3 Å². The Labute approximate surface area is 151 Å². The van der Waals surface area contributed by atoms with Crippen molar-refractivity contribution in [1.29, 1.82) is 0 Å². The van der Waals surface area contributed by atoms with Crippen LogP contribution >= 0.6 is 11.3 Å². The highest BCUT2D eigenvalue weighted by molar-refractivity contribution is 7.19. The van der Waals surface area contributed by atoms with Crippen molar-refractivity contribution < 1.29 is 4.79 Å². The maximum absolute atomic E-state index is 12.1. The molecule has 5 nitrogen and oxygen atoms in total. The molecule has 0 radical (unpaired) electrons. The van der Waals surface area contributed by atoms with E-state index in [0.29, 0.717) is 5.13 Å². The fraction of sp³-hybridized carbons (Fsp3) is 0.211. The minimum Gasteiger partial charge on any atom is -0.308 e. The molecule has 3 rings (SSSR count). The van der Waals surface area contributed by atoms with Crippen LogP contribution in [0, 0.1) is 0 Å². The second-order valence-corrected chi connectivity index (χ2v) is 7.70. The number of rotatable bonds is 3. The van der Waals surface area contributed by atoms with Gasteiger partial charge in [0.1, 0.15) is 0 Å². The molecule has 6 heteroatoms. The van der Waals surface area contributed by atoms with Crippen LogP contribution in [0.25, 0.3) is 10.4 Å². The van der Waals surface area contributed by atoms with Gasteiger partial charge in [0.05, 0.1) is 4.88 Å². The zero-order valence-electron chi connectivity index (χ0n) is 14.4. The Morgan fingerprint density at radius 1 is 1.00 bits per heavy atom. The number of carbonyl (C=O) groups excluding carboxylic acids is 1. The van der Waals surface area contributed by atoms with E-state index < -0.39 is 0 Å². The molecule has 0 aliphatic heterocycles. The van der Waals surface area contributed by atoms with Crippen molar-refractivity contribution >= 4 is 28.2 Å². The topological polar surface area (TPSA) is 66.9 Å². The molecule has 0 aliphatic carbocycles. The number of nitrogens with zero attached hydrogens (tertiary/aromatic N) is 2. The average Bonchev–Trinajstić information content (AvgIpc) is 3.03. The lowest BCUT2D eigenvalue weighted by Gasteiger charge is -2.19. The van der Waals surface area contributed by atoms with Gasteiger partial charge in [0.15, 0.2) is 5.13 Å². The first kappa shape index (κ1) is 17.1. The van der Waals surface area contributed by atoms with Crippen LogP contribution in [0.2, 0.25) is 0 Å². The predicted molar refractivity (Wildman–Crippen MR) is 103 cm³/mol. The maximum atomic E-state index is 12.1. The summed E-state index contributed by atoms with van der Waals surface area (Å²) in [4.78, 5) is 21.4. The normalized spacial score (nSPS) is 11.2. The molecule has 2 N–H and O–H groups in total. The maximum Gasteiger partial charge on any atom is 0.325 e.